The van der Waals surface area contributed by atoms with E-state index in [0.29, 0.717) is 35.8 Å². The first-order chi connectivity index (χ1) is 14.0. The highest BCUT2D eigenvalue weighted by Crippen LogP contribution is 2.45. The smallest absolute Gasteiger partial charge is 0.336 e. The van der Waals surface area contributed by atoms with Crippen molar-refractivity contribution in [1.29, 1.82) is 0 Å². The van der Waals surface area contributed by atoms with Crippen LogP contribution in [0.3, 0.4) is 0 Å². The number of anilines is 1. The van der Waals surface area contributed by atoms with E-state index in [2.05, 4.69) is 4.90 Å². The normalized spacial score (nSPS) is 16.8. The number of benzene rings is 2. The summed E-state index contributed by atoms with van der Waals surface area (Å²) in [4.78, 5) is 14.5. The summed E-state index contributed by atoms with van der Waals surface area (Å²) in [5.74, 6) is -2.95. The van der Waals surface area contributed by atoms with Gasteiger partial charge in [-0.15, -0.1) is 11.3 Å². The number of morpholine rings is 1. The average molecular weight is 415 g/mol. The quantitative estimate of drug-likeness (QED) is 0.630. The van der Waals surface area contributed by atoms with Crippen LogP contribution in [0.2, 0.25) is 0 Å². The molecule has 0 spiro atoms. The molecule has 1 fully saturated rings. The van der Waals surface area contributed by atoms with E-state index in [4.69, 9.17) is 4.74 Å². The number of carbonyl (C=O) groups is 1. The molecule has 1 aliphatic heterocycles. The van der Waals surface area contributed by atoms with Gasteiger partial charge in [-0.25, -0.2) is 13.6 Å². The molecule has 1 aliphatic rings. The number of carboxylic acid groups (broad SMARTS) is 1. The predicted molar refractivity (Wildman–Crippen MR) is 110 cm³/mol. The summed E-state index contributed by atoms with van der Waals surface area (Å²) in [5, 5.41) is 10.5. The van der Waals surface area contributed by atoms with Crippen LogP contribution in [-0.2, 0) is 4.74 Å². The van der Waals surface area contributed by atoms with E-state index in [9.17, 15) is 18.7 Å². The van der Waals surface area contributed by atoms with Crippen LogP contribution in [0.4, 0.5) is 13.8 Å². The molecule has 0 unspecified atom stereocenters. The van der Waals surface area contributed by atoms with E-state index in [1.807, 2.05) is 13.0 Å². The zero-order chi connectivity index (χ0) is 20.5. The minimum atomic E-state index is -1.07. The number of hydrogen-bond acceptors (Lipinski definition) is 4. The highest BCUT2D eigenvalue weighted by molar-refractivity contribution is 7.20. The van der Waals surface area contributed by atoms with E-state index >= 15 is 0 Å². The van der Waals surface area contributed by atoms with Crippen molar-refractivity contribution in [2.45, 2.75) is 13.0 Å². The summed E-state index contributed by atoms with van der Waals surface area (Å²) < 4.78 is 34.1. The first-order valence-electron chi connectivity index (χ1n) is 9.22. The first kappa shape index (κ1) is 19.5. The lowest BCUT2D eigenvalue weighted by atomic mass is 9.98. The maximum absolute atomic E-state index is 14.7. The van der Waals surface area contributed by atoms with Gasteiger partial charge in [-0.3, -0.25) is 0 Å². The number of hydrogen-bond donors (Lipinski definition) is 1. The molecule has 2 aromatic carbocycles. The van der Waals surface area contributed by atoms with Crippen molar-refractivity contribution in [2.75, 3.05) is 24.7 Å². The molecule has 2 heterocycles. The van der Waals surface area contributed by atoms with Crippen molar-refractivity contribution in [1.82, 2.24) is 0 Å². The Kier molecular flexibility index (Phi) is 5.34. The van der Waals surface area contributed by atoms with Crippen molar-refractivity contribution in [3.05, 3.63) is 65.7 Å². The number of aromatic carboxylic acids is 1. The van der Waals surface area contributed by atoms with Gasteiger partial charge >= 0.3 is 5.97 Å². The topological polar surface area (TPSA) is 49.8 Å². The van der Waals surface area contributed by atoms with Gasteiger partial charge in [0.15, 0.2) is 11.6 Å². The van der Waals surface area contributed by atoms with E-state index in [1.54, 1.807) is 18.2 Å². The van der Waals surface area contributed by atoms with Gasteiger partial charge in [0.2, 0.25) is 0 Å². The molecule has 0 amide bonds. The van der Waals surface area contributed by atoms with Crippen LogP contribution < -0.4 is 4.90 Å². The van der Waals surface area contributed by atoms with E-state index in [0.717, 1.165) is 11.1 Å². The Balaban J connectivity index is 1.94. The average Bonchev–Trinajstić information content (AvgIpc) is 3.15. The van der Waals surface area contributed by atoms with Gasteiger partial charge in [0.05, 0.1) is 29.8 Å². The fourth-order valence-corrected chi connectivity index (χ4v) is 4.89. The van der Waals surface area contributed by atoms with Gasteiger partial charge in [-0.2, -0.15) is 0 Å². The lowest BCUT2D eigenvalue weighted by molar-refractivity contribution is 0.0697. The van der Waals surface area contributed by atoms with Gasteiger partial charge in [0.25, 0.3) is 0 Å². The summed E-state index contributed by atoms with van der Waals surface area (Å²) in [6, 6.07) is 12.6. The highest BCUT2D eigenvalue weighted by Gasteiger charge is 2.26. The Hall–Kier alpha value is -2.77. The Morgan fingerprint density at radius 1 is 1.14 bits per heavy atom. The zero-order valence-electron chi connectivity index (χ0n) is 15.7. The van der Waals surface area contributed by atoms with Crippen LogP contribution in [-0.4, -0.2) is 36.9 Å². The molecule has 3 aromatic rings. The lowest BCUT2D eigenvalue weighted by Gasteiger charge is -2.34. The second-order valence-electron chi connectivity index (χ2n) is 6.90. The summed E-state index contributed by atoms with van der Waals surface area (Å²) in [6.07, 6.45) is 0. The third-order valence-corrected chi connectivity index (χ3v) is 6.22. The maximum atomic E-state index is 14.7. The van der Waals surface area contributed by atoms with Crippen LogP contribution >= 0.6 is 11.3 Å². The second-order valence-corrected chi connectivity index (χ2v) is 7.93. The number of nitrogens with zero attached hydrogens (tertiary/aromatic N) is 1. The SMILES string of the molecule is C[C@H]1COCCN1c1cc(-c2cccc(F)c2F)c(-c2ccccc2C(=O)O)s1. The van der Waals surface area contributed by atoms with E-state index in [1.165, 1.54) is 29.5 Å². The number of carboxylic acids is 1. The van der Waals surface area contributed by atoms with Gasteiger partial charge < -0.3 is 14.7 Å². The number of ether oxygens (including phenoxy) is 1. The molecule has 0 aliphatic carbocycles. The Bertz CT molecular complexity index is 1070. The van der Waals surface area contributed by atoms with E-state index in [-0.39, 0.29) is 17.2 Å². The standard InChI is InChI=1S/C22H19F2NO3S/c1-13-12-28-10-9-25(13)19-11-17(14-7-4-8-18(23)20(14)24)21(29-19)15-5-2-3-6-16(15)22(26)27/h2-8,11,13H,9-10,12H2,1H3,(H,26,27)/t13-/m0/s1. The van der Waals surface area contributed by atoms with Crippen LogP contribution in [0.1, 0.15) is 17.3 Å². The van der Waals surface area contributed by atoms with Gasteiger partial charge in [0, 0.05) is 28.1 Å². The number of halogens is 2. The minimum absolute atomic E-state index is 0.114. The monoisotopic (exact) mass is 415 g/mol. The van der Waals surface area contributed by atoms with E-state index < -0.39 is 17.6 Å². The lowest BCUT2D eigenvalue weighted by Crippen LogP contribution is -2.43. The summed E-state index contributed by atoms with van der Waals surface area (Å²) >= 11 is 1.38. The van der Waals surface area contributed by atoms with Crippen molar-refractivity contribution in [2.24, 2.45) is 0 Å². The van der Waals surface area contributed by atoms with Crippen LogP contribution in [0.15, 0.2) is 48.5 Å². The van der Waals surface area contributed by atoms with Gasteiger partial charge in [-0.1, -0.05) is 30.3 Å². The third kappa shape index (κ3) is 3.63. The zero-order valence-corrected chi connectivity index (χ0v) is 16.5. The number of rotatable bonds is 4. The van der Waals surface area contributed by atoms with Crippen molar-refractivity contribution in [3.63, 3.8) is 0 Å². The molecular weight excluding hydrogens is 396 g/mol. The molecule has 4 rings (SSSR count). The molecule has 29 heavy (non-hydrogen) atoms. The summed E-state index contributed by atoms with van der Waals surface area (Å²) in [7, 11) is 0. The fraction of sp³-hybridized carbons (Fsp3) is 0.227. The van der Waals surface area contributed by atoms with Crippen molar-refractivity contribution >= 4 is 22.3 Å². The fourth-order valence-electron chi connectivity index (χ4n) is 3.55. The minimum Gasteiger partial charge on any atom is -0.478 e. The Morgan fingerprint density at radius 3 is 2.66 bits per heavy atom. The second kappa shape index (κ2) is 7.93. The molecule has 1 N–H and O–H groups in total. The van der Waals surface area contributed by atoms with Crippen molar-refractivity contribution < 1.29 is 23.4 Å². The number of thiophene rings is 1. The van der Waals surface area contributed by atoms with Crippen LogP contribution in [0.25, 0.3) is 21.6 Å². The van der Waals surface area contributed by atoms with Crippen LogP contribution in [0.5, 0.6) is 0 Å². The summed E-state index contributed by atoms with van der Waals surface area (Å²) in [5.41, 5.74) is 1.20. The molecule has 1 saturated heterocycles. The molecule has 0 saturated carbocycles. The highest BCUT2D eigenvalue weighted by atomic mass is 32.1. The molecule has 0 radical (unpaired) electrons. The summed E-state index contributed by atoms with van der Waals surface area (Å²) in [6.45, 7) is 3.86. The van der Waals surface area contributed by atoms with Gasteiger partial charge in [-0.05, 0) is 25.1 Å². The Morgan fingerprint density at radius 2 is 1.90 bits per heavy atom. The Labute approximate surface area is 171 Å². The molecular formula is C22H19F2NO3S. The maximum Gasteiger partial charge on any atom is 0.336 e. The third-order valence-electron chi connectivity index (χ3n) is 5.01. The molecule has 1 aromatic heterocycles. The molecule has 4 nitrogen and oxygen atoms in total. The molecule has 7 heteroatoms. The molecule has 150 valence electrons. The van der Waals surface area contributed by atoms with Crippen LogP contribution in [0, 0.1) is 11.6 Å². The molecule has 0 bridgehead atoms. The predicted octanol–water partition coefficient (Wildman–Crippen LogP) is 5.28. The molecule has 1 atom stereocenters. The van der Waals surface area contributed by atoms with Crippen molar-refractivity contribution in [3.8, 4) is 21.6 Å². The largest absolute Gasteiger partial charge is 0.478 e. The van der Waals surface area contributed by atoms with Gasteiger partial charge in [0.1, 0.15) is 0 Å². The first-order valence-corrected chi connectivity index (χ1v) is 10.0.